The average molecular weight is 478 g/mol. The van der Waals surface area contributed by atoms with Crippen LogP contribution in [0.1, 0.15) is 5.69 Å². The van der Waals surface area contributed by atoms with Crippen molar-refractivity contribution < 1.29 is 18.9 Å². The molecular weight excluding hydrogens is 450 g/mol. The van der Waals surface area contributed by atoms with Gasteiger partial charge in [0.15, 0.2) is 16.3 Å². The molecular formula is C26H27N3O4S. The van der Waals surface area contributed by atoms with Crippen molar-refractivity contribution >= 4 is 17.0 Å². The van der Waals surface area contributed by atoms with E-state index in [2.05, 4.69) is 14.9 Å². The van der Waals surface area contributed by atoms with Crippen LogP contribution in [0, 0.1) is 0 Å². The Balaban J connectivity index is 1.81. The summed E-state index contributed by atoms with van der Waals surface area (Å²) >= 11 is 1.58. The van der Waals surface area contributed by atoms with Gasteiger partial charge in [-0.05, 0) is 48.5 Å². The van der Waals surface area contributed by atoms with Crippen molar-refractivity contribution in [1.82, 2.24) is 9.55 Å². The highest BCUT2D eigenvalue weighted by atomic mass is 32.1. The molecule has 0 saturated carbocycles. The number of methoxy groups -OCH3 is 4. The molecule has 0 fully saturated rings. The number of aryl methyl sites for hydroxylation is 1. The van der Waals surface area contributed by atoms with E-state index in [9.17, 15) is 0 Å². The van der Waals surface area contributed by atoms with Gasteiger partial charge in [0.05, 0.1) is 39.8 Å². The Morgan fingerprint density at radius 1 is 0.882 bits per heavy atom. The number of rotatable bonds is 9. The van der Waals surface area contributed by atoms with Crippen molar-refractivity contribution in [3.63, 3.8) is 0 Å². The van der Waals surface area contributed by atoms with Crippen LogP contribution in [0.15, 0.2) is 71.2 Å². The van der Waals surface area contributed by atoms with Crippen molar-refractivity contribution in [3.8, 4) is 34.3 Å². The van der Waals surface area contributed by atoms with Gasteiger partial charge in [-0.1, -0.05) is 6.07 Å². The van der Waals surface area contributed by atoms with Gasteiger partial charge in [0.2, 0.25) is 5.75 Å². The SMILES string of the molecule is COc1ccc(N=c2scc(-c3cc(OC)c(OC)c(OC)c3)n2CCc2ccccn2)cc1. The zero-order valence-corrected chi connectivity index (χ0v) is 20.5. The van der Waals surface area contributed by atoms with Crippen molar-refractivity contribution in [2.75, 3.05) is 28.4 Å². The van der Waals surface area contributed by atoms with E-state index in [1.807, 2.05) is 60.8 Å². The lowest BCUT2D eigenvalue weighted by Crippen LogP contribution is -2.17. The minimum absolute atomic E-state index is 0.562. The first-order valence-electron chi connectivity index (χ1n) is 10.7. The Bertz CT molecular complexity index is 1270. The van der Waals surface area contributed by atoms with E-state index in [0.717, 1.165) is 39.6 Å². The van der Waals surface area contributed by atoms with Crippen LogP contribution in [0.5, 0.6) is 23.0 Å². The van der Waals surface area contributed by atoms with Crippen LogP contribution in [0.25, 0.3) is 11.3 Å². The van der Waals surface area contributed by atoms with Crippen molar-refractivity contribution in [2.45, 2.75) is 13.0 Å². The molecule has 4 rings (SSSR count). The molecule has 2 heterocycles. The topological polar surface area (TPSA) is 67.1 Å². The first-order valence-corrected chi connectivity index (χ1v) is 11.6. The zero-order valence-electron chi connectivity index (χ0n) is 19.6. The highest BCUT2D eigenvalue weighted by molar-refractivity contribution is 7.07. The molecule has 7 nitrogen and oxygen atoms in total. The van der Waals surface area contributed by atoms with Gasteiger partial charge in [-0.2, -0.15) is 0 Å². The summed E-state index contributed by atoms with van der Waals surface area (Å²) in [5.74, 6) is 2.57. The van der Waals surface area contributed by atoms with Crippen LogP contribution in [0.2, 0.25) is 0 Å². The monoisotopic (exact) mass is 477 g/mol. The maximum absolute atomic E-state index is 5.58. The number of benzene rings is 2. The lowest BCUT2D eigenvalue weighted by molar-refractivity contribution is 0.324. The number of aromatic nitrogens is 2. The molecule has 0 atom stereocenters. The Kier molecular flexibility index (Phi) is 7.49. The number of hydrogen-bond donors (Lipinski definition) is 0. The summed E-state index contributed by atoms with van der Waals surface area (Å²) in [6.45, 7) is 0.710. The van der Waals surface area contributed by atoms with E-state index in [-0.39, 0.29) is 0 Å². The third-order valence-corrected chi connectivity index (χ3v) is 6.24. The van der Waals surface area contributed by atoms with Gasteiger partial charge >= 0.3 is 0 Å². The minimum Gasteiger partial charge on any atom is -0.497 e. The highest BCUT2D eigenvalue weighted by Gasteiger charge is 2.17. The number of ether oxygens (including phenoxy) is 4. The van der Waals surface area contributed by atoms with Crippen LogP contribution in [-0.2, 0) is 13.0 Å². The summed E-state index contributed by atoms with van der Waals surface area (Å²) in [7, 11) is 6.49. The maximum atomic E-state index is 5.58. The molecule has 2 aromatic carbocycles. The minimum atomic E-state index is 0.562. The zero-order chi connectivity index (χ0) is 23.9. The smallest absolute Gasteiger partial charge is 0.203 e. The number of thiazole rings is 1. The van der Waals surface area contributed by atoms with E-state index < -0.39 is 0 Å². The summed E-state index contributed by atoms with van der Waals surface area (Å²) in [4.78, 5) is 10.3. The number of pyridine rings is 1. The standard InChI is InChI=1S/C26H27N3O4S/c1-30-21-10-8-20(9-11-21)28-26-29(14-12-19-7-5-6-13-27-19)22(17-34-26)18-15-23(31-2)25(33-4)24(16-18)32-3/h5-11,13,15-17H,12,14H2,1-4H3. The van der Waals surface area contributed by atoms with Crippen LogP contribution in [-0.4, -0.2) is 38.0 Å². The Morgan fingerprint density at radius 3 is 2.21 bits per heavy atom. The van der Waals surface area contributed by atoms with E-state index in [1.54, 1.807) is 39.8 Å². The molecule has 34 heavy (non-hydrogen) atoms. The van der Waals surface area contributed by atoms with E-state index >= 15 is 0 Å². The first kappa shape index (κ1) is 23.4. The van der Waals surface area contributed by atoms with Gasteiger partial charge in [-0.3, -0.25) is 4.98 Å². The second kappa shape index (κ2) is 10.9. The fourth-order valence-corrected chi connectivity index (χ4v) is 4.59. The summed E-state index contributed by atoms with van der Waals surface area (Å²) in [6.07, 6.45) is 2.58. The molecule has 2 aromatic heterocycles. The maximum Gasteiger partial charge on any atom is 0.203 e. The van der Waals surface area contributed by atoms with Crippen molar-refractivity contribution in [2.24, 2.45) is 4.99 Å². The van der Waals surface area contributed by atoms with E-state index in [1.165, 1.54) is 0 Å². The fraction of sp³-hybridized carbons (Fsp3) is 0.231. The normalized spacial score (nSPS) is 11.4. The molecule has 0 aliphatic rings. The van der Waals surface area contributed by atoms with E-state index in [4.69, 9.17) is 23.9 Å². The lowest BCUT2D eigenvalue weighted by Gasteiger charge is -2.15. The van der Waals surface area contributed by atoms with Crippen LogP contribution >= 0.6 is 11.3 Å². The molecule has 8 heteroatoms. The predicted molar refractivity (Wildman–Crippen MR) is 134 cm³/mol. The molecule has 0 amide bonds. The Morgan fingerprint density at radius 2 is 1.62 bits per heavy atom. The van der Waals surface area contributed by atoms with E-state index in [0.29, 0.717) is 23.8 Å². The van der Waals surface area contributed by atoms with Gasteiger partial charge in [0.1, 0.15) is 5.75 Å². The number of hydrogen-bond acceptors (Lipinski definition) is 7. The van der Waals surface area contributed by atoms with Gasteiger partial charge in [-0.15, -0.1) is 11.3 Å². The second-order valence-corrected chi connectivity index (χ2v) is 8.19. The van der Waals surface area contributed by atoms with Crippen LogP contribution in [0.4, 0.5) is 5.69 Å². The molecule has 0 bridgehead atoms. The predicted octanol–water partition coefficient (Wildman–Crippen LogP) is 5.12. The lowest BCUT2D eigenvalue weighted by atomic mass is 10.1. The molecule has 0 N–H and O–H groups in total. The molecule has 4 aromatic rings. The van der Waals surface area contributed by atoms with Crippen molar-refractivity contribution in [1.29, 1.82) is 0 Å². The molecule has 0 spiro atoms. The quantitative estimate of drug-likeness (QED) is 0.335. The summed E-state index contributed by atoms with van der Waals surface area (Å²) in [5, 5.41) is 2.10. The summed E-state index contributed by atoms with van der Waals surface area (Å²) in [5.41, 5.74) is 3.83. The molecule has 0 aliphatic carbocycles. The Hall–Kier alpha value is -3.78. The largest absolute Gasteiger partial charge is 0.497 e. The number of nitrogens with zero attached hydrogens (tertiary/aromatic N) is 3. The third-order valence-electron chi connectivity index (χ3n) is 5.37. The molecule has 0 saturated heterocycles. The summed E-state index contributed by atoms with van der Waals surface area (Å²) in [6, 6.07) is 17.6. The van der Waals surface area contributed by atoms with Crippen LogP contribution < -0.4 is 23.7 Å². The van der Waals surface area contributed by atoms with Gasteiger partial charge in [-0.25, -0.2) is 4.99 Å². The molecule has 176 valence electrons. The van der Waals surface area contributed by atoms with Crippen LogP contribution in [0.3, 0.4) is 0 Å². The fourth-order valence-electron chi connectivity index (χ4n) is 3.63. The second-order valence-electron chi connectivity index (χ2n) is 7.35. The Labute approximate surface area is 202 Å². The average Bonchev–Trinajstić information content (AvgIpc) is 3.29. The third kappa shape index (κ3) is 5.07. The van der Waals surface area contributed by atoms with Gasteiger partial charge in [0, 0.05) is 35.8 Å². The molecule has 0 unspecified atom stereocenters. The van der Waals surface area contributed by atoms with Crippen molar-refractivity contribution in [3.05, 3.63) is 76.7 Å². The highest BCUT2D eigenvalue weighted by Crippen LogP contribution is 2.41. The van der Waals surface area contributed by atoms with Gasteiger partial charge in [0.25, 0.3) is 0 Å². The summed E-state index contributed by atoms with van der Waals surface area (Å²) < 4.78 is 24.1. The van der Waals surface area contributed by atoms with Gasteiger partial charge < -0.3 is 23.5 Å². The molecule has 0 radical (unpaired) electrons. The first-order chi connectivity index (χ1) is 16.7. The molecule has 0 aliphatic heterocycles.